The quantitative estimate of drug-likeness (QED) is 0.442. The average molecular weight is 348 g/mol. The van der Waals surface area contributed by atoms with Crippen molar-refractivity contribution < 1.29 is 48.3 Å². The van der Waals surface area contributed by atoms with Crippen LogP contribution in [0.5, 0.6) is 0 Å². The number of ether oxygens (including phenoxy) is 4. The van der Waals surface area contributed by atoms with Gasteiger partial charge in [0.05, 0.1) is 0 Å². The highest BCUT2D eigenvalue weighted by molar-refractivity contribution is 5.82. The van der Waals surface area contributed by atoms with Gasteiger partial charge in [-0.25, -0.2) is 0 Å². The topological polar surface area (TPSA) is 146 Å². The van der Waals surface area contributed by atoms with Gasteiger partial charge in [0.25, 0.3) is 5.79 Å². The molecule has 136 valence electrons. The van der Waals surface area contributed by atoms with E-state index in [4.69, 9.17) is 18.9 Å². The van der Waals surface area contributed by atoms with E-state index in [1.165, 1.54) is 0 Å². The van der Waals surface area contributed by atoms with Crippen molar-refractivity contribution in [2.75, 3.05) is 6.61 Å². The summed E-state index contributed by atoms with van der Waals surface area (Å²) in [5, 5.41) is 20.0. The Hall–Kier alpha value is -2.04. The predicted molar refractivity (Wildman–Crippen MR) is 74.3 cm³/mol. The monoisotopic (exact) mass is 348 g/mol. The lowest BCUT2D eigenvalue weighted by Crippen LogP contribution is -2.69. The second-order valence-electron chi connectivity index (χ2n) is 5.31. The molecule has 0 amide bonds. The van der Waals surface area contributed by atoms with Crippen LogP contribution in [0.3, 0.4) is 0 Å². The number of Topliss-reactive ketones (excluding diaryl/α,β-unsaturated/α-hetero) is 1. The maximum absolute atomic E-state index is 11.9. The van der Waals surface area contributed by atoms with Crippen LogP contribution in [0.15, 0.2) is 0 Å². The fourth-order valence-corrected chi connectivity index (χ4v) is 2.40. The minimum absolute atomic E-state index is 0.657. The van der Waals surface area contributed by atoms with Gasteiger partial charge in [0, 0.05) is 20.8 Å². The molecular weight excluding hydrogens is 328 g/mol. The summed E-state index contributed by atoms with van der Waals surface area (Å²) < 4.78 is 20.0. The molecule has 1 aliphatic heterocycles. The Morgan fingerprint density at radius 1 is 0.958 bits per heavy atom. The lowest BCUT2D eigenvalue weighted by molar-refractivity contribution is -0.351. The van der Waals surface area contributed by atoms with Crippen LogP contribution in [0.25, 0.3) is 0 Å². The molecule has 24 heavy (non-hydrogen) atoms. The summed E-state index contributed by atoms with van der Waals surface area (Å²) in [6, 6.07) is 0. The smallest absolute Gasteiger partial charge is 0.305 e. The summed E-state index contributed by atoms with van der Waals surface area (Å²) in [6.45, 7) is 3.15. The highest BCUT2D eigenvalue weighted by atomic mass is 16.8. The molecule has 1 saturated heterocycles. The van der Waals surface area contributed by atoms with Crippen molar-refractivity contribution in [2.24, 2.45) is 0 Å². The third kappa shape index (κ3) is 4.28. The second kappa shape index (κ2) is 7.69. The van der Waals surface area contributed by atoms with Crippen LogP contribution in [-0.4, -0.2) is 70.7 Å². The predicted octanol–water partition coefficient (Wildman–Crippen LogP) is -1.55. The highest BCUT2D eigenvalue weighted by Gasteiger charge is 2.60. The molecule has 10 heteroatoms. The molecule has 0 radical (unpaired) electrons. The van der Waals surface area contributed by atoms with Gasteiger partial charge >= 0.3 is 17.9 Å². The van der Waals surface area contributed by atoms with Crippen molar-refractivity contribution >= 4 is 23.7 Å². The number of carbonyl (C=O) groups is 4. The van der Waals surface area contributed by atoms with Gasteiger partial charge in [-0.3, -0.25) is 19.2 Å². The zero-order valence-electron chi connectivity index (χ0n) is 13.7. The molecule has 2 N–H and O–H groups in total. The summed E-state index contributed by atoms with van der Waals surface area (Å²) in [5.41, 5.74) is 0. The van der Waals surface area contributed by atoms with E-state index in [1.807, 2.05) is 0 Å². The Morgan fingerprint density at radius 3 is 1.83 bits per heavy atom. The normalized spacial score (nSPS) is 32.6. The van der Waals surface area contributed by atoms with Gasteiger partial charge < -0.3 is 29.2 Å². The Balaban J connectivity index is 3.36. The molecule has 0 aromatic heterocycles. The van der Waals surface area contributed by atoms with Crippen molar-refractivity contribution in [1.29, 1.82) is 0 Å². The number of hydrogen-bond acceptors (Lipinski definition) is 10. The summed E-state index contributed by atoms with van der Waals surface area (Å²) in [4.78, 5) is 45.7. The largest absolute Gasteiger partial charge is 0.455 e. The summed E-state index contributed by atoms with van der Waals surface area (Å²) in [6.07, 6.45) is -6.52. The van der Waals surface area contributed by atoms with E-state index in [1.54, 1.807) is 0 Å². The fraction of sp³-hybridized carbons (Fsp3) is 0.714. The average Bonchev–Trinajstić information content (AvgIpc) is 2.44. The van der Waals surface area contributed by atoms with Crippen LogP contribution in [0.4, 0.5) is 0 Å². The number of carbonyl (C=O) groups excluding carboxylic acids is 4. The van der Waals surface area contributed by atoms with Crippen LogP contribution in [0, 0.1) is 0 Å². The van der Waals surface area contributed by atoms with E-state index >= 15 is 0 Å². The van der Waals surface area contributed by atoms with Crippen molar-refractivity contribution in [2.45, 2.75) is 57.9 Å². The number of aliphatic hydroxyl groups excluding tert-OH is 2. The van der Waals surface area contributed by atoms with E-state index in [9.17, 15) is 29.4 Å². The molecule has 5 atom stereocenters. The van der Waals surface area contributed by atoms with E-state index < -0.39 is 60.5 Å². The van der Waals surface area contributed by atoms with Gasteiger partial charge in [-0.2, -0.15) is 0 Å². The van der Waals surface area contributed by atoms with Crippen molar-refractivity contribution in [3.63, 3.8) is 0 Å². The van der Waals surface area contributed by atoms with Gasteiger partial charge in [-0.05, 0) is 6.92 Å². The maximum atomic E-state index is 11.9. The number of aliphatic hydroxyl groups is 2. The Kier molecular flexibility index (Phi) is 6.41. The third-order valence-corrected chi connectivity index (χ3v) is 3.25. The Morgan fingerprint density at radius 2 is 1.46 bits per heavy atom. The molecule has 1 fully saturated rings. The van der Waals surface area contributed by atoms with Crippen molar-refractivity contribution in [3.8, 4) is 0 Å². The second-order valence-corrected chi connectivity index (χ2v) is 5.31. The zero-order valence-corrected chi connectivity index (χ0v) is 13.7. The molecule has 0 bridgehead atoms. The van der Waals surface area contributed by atoms with Gasteiger partial charge in [-0.1, -0.05) is 0 Å². The van der Waals surface area contributed by atoms with Gasteiger partial charge in [-0.15, -0.1) is 0 Å². The highest BCUT2D eigenvalue weighted by Crippen LogP contribution is 2.35. The number of hydrogen-bond donors (Lipinski definition) is 2. The van der Waals surface area contributed by atoms with Gasteiger partial charge in [0.15, 0.2) is 30.2 Å². The molecule has 0 saturated carbocycles. The van der Waals surface area contributed by atoms with Crippen LogP contribution in [0.1, 0.15) is 27.7 Å². The molecule has 1 rings (SSSR count). The van der Waals surface area contributed by atoms with Crippen LogP contribution < -0.4 is 0 Å². The van der Waals surface area contributed by atoms with Gasteiger partial charge in [0.2, 0.25) is 0 Å². The molecule has 0 aliphatic carbocycles. The number of rotatable bonds is 5. The summed E-state index contributed by atoms with van der Waals surface area (Å²) in [7, 11) is 0. The first kappa shape index (κ1) is 20.0. The first-order valence-electron chi connectivity index (χ1n) is 7.05. The van der Waals surface area contributed by atoms with Crippen LogP contribution >= 0.6 is 0 Å². The standard InChI is InChI=1S/C14H20O10/c1-6(16)10-11(21-7(2)17)12(22-8(3)18)13(20)14(5-15,24-10)23-9(4)19/h10-13,15,20H,5H2,1-4H3. The van der Waals surface area contributed by atoms with Crippen LogP contribution in [-0.2, 0) is 38.1 Å². The Labute approximate surface area is 137 Å². The molecule has 0 spiro atoms. The third-order valence-electron chi connectivity index (χ3n) is 3.25. The molecule has 1 heterocycles. The minimum atomic E-state index is -2.35. The molecular formula is C14H20O10. The SMILES string of the molecule is CC(=O)OC1C(C(C)=O)OC(CO)(OC(C)=O)C(O)C1OC(C)=O. The van der Waals surface area contributed by atoms with E-state index in [2.05, 4.69) is 0 Å². The van der Waals surface area contributed by atoms with Crippen molar-refractivity contribution in [1.82, 2.24) is 0 Å². The lowest BCUT2D eigenvalue weighted by atomic mass is 9.90. The molecule has 1 aliphatic rings. The number of esters is 3. The molecule has 5 unspecified atom stereocenters. The van der Waals surface area contributed by atoms with E-state index in [0.717, 1.165) is 27.7 Å². The maximum Gasteiger partial charge on any atom is 0.305 e. The zero-order chi connectivity index (χ0) is 18.7. The molecule has 0 aromatic rings. The summed E-state index contributed by atoms with van der Waals surface area (Å²) in [5.74, 6) is -5.59. The van der Waals surface area contributed by atoms with E-state index in [0.29, 0.717) is 0 Å². The van der Waals surface area contributed by atoms with Crippen LogP contribution in [0.2, 0.25) is 0 Å². The summed E-state index contributed by atoms with van der Waals surface area (Å²) >= 11 is 0. The Bertz CT molecular complexity index is 530. The number of ketones is 1. The first-order chi connectivity index (χ1) is 11.0. The van der Waals surface area contributed by atoms with Crippen molar-refractivity contribution in [3.05, 3.63) is 0 Å². The molecule has 10 nitrogen and oxygen atoms in total. The van der Waals surface area contributed by atoms with Gasteiger partial charge in [0.1, 0.15) is 6.61 Å². The first-order valence-corrected chi connectivity index (χ1v) is 7.05. The molecule has 0 aromatic carbocycles. The van der Waals surface area contributed by atoms with E-state index in [-0.39, 0.29) is 0 Å². The fourth-order valence-electron chi connectivity index (χ4n) is 2.40. The minimum Gasteiger partial charge on any atom is -0.455 e. The lowest BCUT2D eigenvalue weighted by Gasteiger charge is -2.47.